The number of aromatic nitrogens is 1. The van der Waals surface area contributed by atoms with Gasteiger partial charge in [0, 0.05) is 11.7 Å². The van der Waals surface area contributed by atoms with Gasteiger partial charge >= 0.3 is 0 Å². The molecule has 0 unspecified atom stereocenters. The Balaban J connectivity index is 1.80. The molecule has 0 amide bonds. The van der Waals surface area contributed by atoms with Gasteiger partial charge in [0.25, 0.3) is 0 Å². The first-order chi connectivity index (χ1) is 8.29. The molecule has 5 rings (SSSR count). The molecule has 4 fully saturated rings. The Morgan fingerprint density at radius 1 is 1.12 bits per heavy atom. The Morgan fingerprint density at radius 2 is 1.71 bits per heavy atom. The van der Waals surface area contributed by atoms with Gasteiger partial charge in [-0.3, -0.25) is 0 Å². The summed E-state index contributed by atoms with van der Waals surface area (Å²) in [5.41, 5.74) is 1.18. The lowest BCUT2D eigenvalue weighted by atomic mass is 9.53. The standard InChI is InChI=1S/C15H18N2/c16-10-14-2-1-3-17(14)15-7-11-4-12(8-15)6-13(5-11)9-15/h1-3,11-13H,4-9H2. The van der Waals surface area contributed by atoms with Gasteiger partial charge in [-0.15, -0.1) is 0 Å². The molecular formula is C15H18N2. The van der Waals surface area contributed by atoms with Gasteiger partial charge in [0.05, 0.1) is 0 Å². The van der Waals surface area contributed by atoms with Crippen LogP contribution < -0.4 is 0 Å². The third kappa shape index (κ3) is 1.26. The fourth-order valence-electron chi connectivity index (χ4n) is 5.25. The zero-order valence-electron chi connectivity index (χ0n) is 10.1. The fourth-order valence-corrected chi connectivity index (χ4v) is 5.25. The molecule has 0 aromatic carbocycles. The normalized spacial score (nSPS) is 42.6. The summed E-state index contributed by atoms with van der Waals surface area (Å²) in [6.07, 6.45) is 10.5. The Kier molecular flexibility index (Phi) is 1.82. The second-order valence-corrected chi connectivity index (χ2v) is 6.52. The maximum Gasteiger partial charge on any atom is 0.120 e. The van der Waals surface area contributed by atoms with Gasteiger partial charge in [0.1, 0.15) is 11.8 Å². The molecule has 0 saturated heterocycles. The molecule has 1 heterocycles. The van der Waals surface area contributed by atoms with Crippen LogP contribution in [0.5, 0.6) is 0 Å². The van der Waals surface area contributed by atoms with E-state index in [1.54, 1.807) is 0 Å². The smallest absolute Gasteiger partial charge is 0.120 e. The summed E-state index contributed by atoms with van der Waals surface area (Å²) in [5, 5.41) is 9.24. The first kappa shape index (κ1) is 9.76. The van der Waals surface area contributed by atoms with Gasteiger partial charge in [0.2, 0.25) is 0 Å². The van der Waals surface area contributed by atoms with Crippen molar-refractivity contribution in [3.8, 4) is 6.07 Å². The summed E-state index contributed by atoms with van der Waals surface area (Å²) >= 11 is 0. The zero-order chi connectivity index (χ0) is 11.5. The molecule has 17 heavy (non-hydrogen) atoms. The summed E-state index contributed by atoms with van der Waals surface area (Å²) < 4.78 is 2.32. The first-order valence-electron chi connectivity index (χ1n) is 6.87. The third-order valence-corrected chi connectivity index (χ3v) is 5.38. The summed E-state index contributed by atoms with van der Waals surface area (Å²) in [6.45, 7) is 0. The van der Waals surface area contributed by atoms with Crippen LogP contribution in [0.3, 0.4) is 0 Å². The molecule has 4 aliphatic carbocycles. The lowest BCUT2D eigenvalue weighted by Crippen LogP contribution is -2.51. The SMILES string of the molecule is N#Cc1cccn1C12CC3CC(CC(C3)C1)C2. The van der Waals surface area contributed by atoms with Gasteiger partial charge in [-0.25, -0.2) is 0 Å². The van der Waals surface area contributed by atoms with Gasteiger partial charge < -0.3 is 4.57 Å². The summed E-state index contributed by atoms with van der Waals surface area (Å²) in [6, 6.07) is 6.37. The van der Waals surface area contributed by atoms with Crippen LogP contribution in [0.15, 0.2) is 18.3 Å². The minimum Gasteiger partial charge on any atom is -0.333 e. The molecule has 4 saturated carbocycles. The highest BCUT2D eigenvalue weighted by atomic mass is 15.1. The van der Waals surface area contributed by atoms with E-state index in [2.05, 4.69) is 16.8 Å². The third-order valence-electron chi connectivity index (χ3n) is 5.38. The van der Waals surface area contributed by atoms with E-state index in [0.717, 1.165) is 23.4 Å². The quantitative estimate of drug-likeness (QED) is 0.722. The lowest BCUT2D eigenvalue weighted by Gasteiger charge is -2.57. The van der Waals surface area contributed by atoms with E-state index in [9.17, 15) is 5.26 Å². The van der Waals surface area contributed by atoms with E-state index in [0.29, 0.717) is 5.54 Å². The minimum atomic E-state index is 0.309. The van der Waals surface area contributed by atoms with Gasteiger partial charge in [-0.1, -0.05) is 0 Å². The van der Waals surface area contributed by atoms with E-state index in [-0.39, 0.29) is 0 Å². The molecule has 0 radical (unpaired) electrons. The molecule has 88 valence electrons. The summed E-state index contributed by atoms with van der Waals surface area (Å²) in [5.74, 6) is 2.82. The molecule has 4 bridgehead atoms. The fraction of sp³-hybridized carbons (Fsp3) is 0.667. The van der Waals surface area contributed by atoms with Crippen molar-refractivity contribution in [3.05, 3.63) is 24.0 Å². The minimum absolute atomic E-state index is 0.309. The van der Waals surface area contributed by atoms with Crippen molar-refractivity contribution in [3.63, 3.8) is 0 Å². The van der Waals surface area contributed by atoms with Crippen molar-refractivity contribution < 1.29 is 0 Å². The number of nitrogens with zero attached hydrogens (tertiary/aromatic N) is 2. The summed E-state index contributed by atoms with van der Waals surface area (Å²) in [7, 11) is 0. The Morgan fingerprint density at radius 3 is 2.24 bits per heavy atom. The van der Waals surface area contributed by atoms with Gasteiger partial charge in [-0.2, -0.15) is 5.26 Å². The van der Waals surface area contributed by atoms with Crippen molar-refractivity contribution >= 4 is 0 Å². The van der Waals surface area contributed by atoms with Crippen molar-refractivity contribution in [1.29, 1.82) is 5.26 Å². The van der Waals surface area contributed by atoms with Crippen molar-refractivity contribution in [2.45, 2.75) is 44.1 Å². The summed E-state index contributed by atoms with van der Waals surface area (Å²) in [4.78, 5) is 0. The Hall–Kier alpha value is -1.23. The van der Waals surface area contributed by atoms with Gasteiger partial charge in [0.15, 0.2) is 0 Å². The van der Waals surface area contributed by atoms with Crippen LogP contribution in [0.25, 0.3) is 0 Å². The zero-order valence-corrected chi connectivity index (χ0v) is 10.1. The molecule has 0 atom stereocenters. The predicted octanol–water partition coefficient (Wildman–Crippen LogP) is 3.29. The second-order valence-electron chi connectivity index (χ2n) is 6.52. The van der Waals surface area contributed by atoms with E-state index in [1.165, 1.54) is 38.5 Å². The first-order valence-corrected chi connectivity index (χ1v) is 6.87. The van der Waals surface area contributed by atoms with Crippen molar-refractivity contribution in [1.82, 2.24) is 4.57 Å². The van der Waals surface area contributed by atoms with Crippen LogP contribution >= 0.6 is 0 Å². The maximum atomic E-state index is 9.24. The molecular weight excluding hydrogens is 208 g/mol. The van der Waals surface area contributed by atoms with E-state index >= 15 is 0 Å². The average Bonchev–Trinajstić information content (AvgIpc) is 2.75. The van der Waals surface area contributed by atoms with Crippen LogP contribution in [0, 0.1) is 29.1 Å². The molecule has 2 nitrogen and oxygen atoms in total. The van der Waals surface area contributed by atoms with Crippen molar-refractivity contribution in [2.75, 3.05) is 0 Å². The molecule has 1 aromatic rings. The predicted molar refractivity (Wildman–Crippen MR) is 65.3 cm³/mol. The van der Waals surface area contributed by atoms with Crippen LogP contribution in [-0.2, 0) is 5.54 Å². The molecule has 0 spiro atoms. The topological polar surface area (TPSA) is 28.7 Å². The van der Waals surface area contributed by atoms with Crippen molar-refractivity contribution in [2.24, 2.45) is 17.8 Å². The molecule has 0 aliphatic heterocycles. The van der Waals surface area contributed by atoms with Gasteiger partial charge in [-0.05, 0) is 68.4 Å². The van der Waals surface area contributed by atoms with Crippen LogP contribution in [0.4, 0.5) is 0 Å². The molecule has 2 heteroatoms. The molecule has 4 aliphatic rings. The lowest BCUT2D eigenvalue weighted by molar-refractivity contribution is -0.0432. The highest BCUT2D eigenvalue weighted by Crippen LogP contribution is 2.59. The second kappa shape index (κ2) is 3.16. The highest BCUT2D eigenvalue weighted by Gasteiger charge is 2.52. The average molecular weight is 226 g/mol. The molecule has 0 N–H and O–H groups in total. The largest absolute Gasteiger partial charge is 0.333 e. The van der Waals surface area contributed by atoms with Crippen LogP contribution in [0.2, 0.25) is 0 Å². The number of hydrogen-bond acceptors (Lipinski definition) is 1. The monoisotopic (exact) mass is 226 g/mol. The van der Waals surface area contributed by atoms with Crippen LogP contribution in [-0.4, -0.2) is 4.57 Å². The number of rotatable bonds is 1. The molecule has 1 aromatic heterocycles. The Labute approximate surface area is 102 Å². The number of nitriles is 1. The maximum absolute atomic E-state index is 9.24. The Bertz CT molecular complexity index is 456. The highest BCUT2D eigenvalue weighted by molar-refractivity contribution is 5.25. The van der Waals surface area contributed by atoms with Crippen LogP contribution in [0.1, 0.15) is 44.2 Å². The number of hydrogen-bond donors (Lipinski definition) is 0. The van der Waals surface area contributed by atoms with E-state index in [1.807, 2.05) is 12.1 Å². The van der Waals surface area contributed by atoms with E-state index < -0.39 is 0 Å². The van der Waals surface area contributed by atoms with E-state index in [4.69, 9.17) is 0 Å².